The van der Waals surface area contributed by atoms with Gasteiger partial charge in [0.2, 0.25) is 29.4 Å². The largest absolute Gasteiger partial charge is 0.491 e. The van der Waals surface area contributed by atoms with Gasteiger partial charge in [-0.15, -0.1) is 0 Å². The first-order valence-electron chi connectivity index (χ1n) is 42.2. The molecule has 0 aliphatic carbocycles. The molecule has 0 saturated heterocycles. The Balaban J connectivity index is 0.489. The molecular weight excluding hydrogens is 1760 g/mol. The summed E-state index contributed by atoms with van der Waals surface area (Å²) >= 11 is 0. The maximum atomic E-state index is 14.4. The van der Waals surface area contributed by atoms with Gasteiger partial charge in [-0.3, -0.25) is 52.5 Å². The number of carbonyl (C=O) groups is 9. The smallest absolute Gasteiger partial charge is 0.471 e. The molecule has 0 aliphatic rings. The molecule has 0 fully saturated rings. The highest BCUT2D eigenvalue weighted by molar-refractivity contribution is 7.46. The first-order valence-corrected chi connectivity index (χ1v) is 43.7. The van der Waals surface area contributed by atoms with Gasteiger partial charge < -0.3 is 142 Å². The number of fused-ring (bicyclic) bond motifs is 1. The zero-order chi connectivity index (χ0) is 95.9. The number of hydrogen-bond donors (Lipinski definition) is 12. The van der Waals surface area contributed by atoms with Crippen molar-refractivity contribution in [3.63, 3.8) is 0 Å². The lowest BCUT2D eigenvalue weighted by Gasteiger charge is -2.22. The average Bonchev–Trinajstić information content (AvgIpc) is 1.56. The number of benzene rings is 3. The molecule has 44 nitrogen and oxygen atoms in total. The second-order valence-corrected chi connectivity index (χ2v) is 31.9. The maximum absolute atomic E-state index is 14.4. The van der Waals surface area contributed by atoms with Crippen molar-refractivity contribution in [3.05, 3.63) is 184 Å². The van der Waals surface area contributed by atoms with E-state index < -0.39 is 78.8 Å². The number of phosphoric acid groups is 1. The van der Waals surface area contributed by atoms with Crippen LogP contribution in [0.3, 0.4) is 0 Å². The number of halogens is 1. The number of aromatic nitrogens is 10. The van der Waals surface area contributed by atoms with Crippen LogP contribution in [0.4, 0.5) is 33.1 Å². The normalized spacial score (nSPS) is 11.5. The Morgan fingerprint density at radius 3 is 1.39 bits per heavy atom. The molecule has 0 aliphatic heterocycles. The summed E-state index contributed by atoms with van der Waals surface area (Å²) in [5.74, 6) is -3.88. The number of nitrogens with one attached hydrogen (secondary N) is 9. The predicted octanol–water partition coefficient (Wildman–Crippen LogP) is 5.45. The van der Waals surface area contributed by atoms with Gasteiger partial charge in [0.15, 0.2) is 17.5 Å². The number of phosphoric ester groups is 1. The van der Waals surface area contributed by atoms with Crippen molar-refractivity contribution in [2.75, 3.05) is 165 Å². The molecule has 7 aromatic heterocycles. The van der Waals surface area contributed by atoms with Gasteiger partial charge in [-0.25, -0.2) is 23.9 Å². The Bertz CT molecular complexity index is 5800. The average molecular weight is 1870 g/mol. The van der Waals surface area contributed by atoms with Gasteiger partial charge in [0, 0.05) is 153 Å². The highest BCUT2D eigenvalue weighted by atomic mass is 31.2. The van der Waals surface area contributed by atoms with E-state index in [9.17, 15) is 71.8 Å². The summed E-state index contributed by atoms with van der Waals surface area (Å²) in [6.45, 7) is 11.3. The number of pyridine rings is 1. The molecule has 7 heterocycles. The zero-order valence-electron chi connectivity index (χ0n) is 75.3. The number of aryl methyl sites for hydroxylation is 8. The SMILES string of the molecule is Cc1cc(F)cc(C)c1Oc1ccc(C(C)(C)O)cc1-c1cn(C)c(=O)c2c1cc(C(=O)Nc1ccc(OCCOCCOCCOCCOCCOCCOCCOCCOCCNC(=O)CCNC(=O)c3nc(NC(=O)CCNC(=O)c4cc(NC(=O)c5nc(NC(=O)CCNC(=O)c6cc(NC(=O)c7nccn7C)cn6C)cn5C)cn4C)cn3C)cc1)n2COP(=O)(O)O. The van der Waals surface area contributed by atoms with Gasteiger partial charge in [0.05, 0.1) is 123 Å². The van der Waals surface area contributed by atoms with Crippen molar-refractivity contribution < 1.29 is 119 Å². The monoisotopic (exact) mass is 1870 g/mol. The van der Waals surface area contributed by atoms with Crippen LogP contribution in [-0.2, 0) is 116 Å². The van der Waals surface area contributed by atoms with Crippen LogP contribution in [0.25, 0.3) is 22.0 Å². The second-order valence-electron chi connectivity index (χ2n) is 30.7. The lowest BCUT2D eigenvalue weighted by Crippen LogP contribution is -2.33. The van der Waals surface area contributed by atoms with Gasteiger partial charge in [-0.1, -0.05) is 6.07 Å². The molecule has 0 unspecified atom stereocenters. The molecule has 133 heavy (non-hydrogen) atoms. The van der Waals surface area contributed by atoms with E-state index in [0.717, 1.165) is 4.57 Å². The van der Waals surface area contributed by atoms with Crippen LogP contribution in [0, 0.1) is 19.7 Å². The summed E-state index contributed by atoms with van der Waals surface area (Å²) in [6, 6.07) is 18.3. The lowest BCUT2D eigenvalue weighted by atomic mass is 9.93. The fraction of sp³-hybridized carbons (Fsp3) is 0.414. The molecule has 10 rings (SSSR count). The summed E-state index contributed by atoms with van der Waals surface area (Å²) in [4.78, 5) is 163. The van der Waals surface area contributed by atoms with Crippen LogP contribution in [0.1, 0.15) is 113 Å². The molecule has 46 heteroatoms. The minimum atomic E-state index is -5.14. The Morgan fingerprint density at radius 2 is 0.910 bits per heavy atom. The van der Waals surface area contributed by atoms with Gasteiger partial charge in [0.1, 0.15) is 59.0 Å². The van der Waals surface area contributed by atoms with Crippen LogP contribution >= 0.6 is 7.82 Å². The molecule has 12 N–H and O–H groups in total. The molecule has 0 spiro atoms. The van der Waals surface area contributed by atoms with Crippen LogP contribution in [0.5, 0.6) is 17.2 Å². The topological polar surface area (TPSA) is 531 Å². The number of imidazole rings is 3. The molecule has 716 valence electrons. The minimum Gasteiger partial charge on any atom is -0.491 e. The number of carbonyl (C=O) groups excluding carboxylic acids is 9. The highest BCUT2D eigenvalue weighted by Gasteiger charge is 2.29. The first kappa shape index (κ1) is 102. The van der Waals surface area contributed by atoms with E-state index in [1.807, 2.05) is 0 Å². The van der Waals surface area contributed by atoms with Gasteiger partial charge in [-0.2, -0.15) is 0 Å². The molecule has 0 saturated carbocycles. The number of hydrogen-bond acceptors (Lipinski definition) is 26. The number of rotatable bonds is 55. The number of nitrogens with zero attached hydrogens (tertiary/aromatic N) is 10. The molecule has 0 bridgehead atoms. The zero-order valence-corrected chi connectivity index (χ0v) is 76.2. The fourth-order valence-corrected chi connectivity index (χ4v) is 13.5. The minimum absolute atomic E-state index is 0.00331. The van der Waals surface area contributed by atoms with E-state index in [1.54, 1.807) is 122 Å². The van der Waals surface area contributed by atoms with Crippen LogP contribution in [-0.4, -0.2) is 253 Å². The van der Waals surface area contributed by atoms with Crippen molar-refractivity contribution in [2.24, 2.45) is 42.3 Å². The summed E-state index contributed by atoms with van der Waals surface area (Å²) < 4.78 is 97.8. The Kier molecular flexibility index (Phi) is 37.9. The summed E-state index contributed by atoms with van der Waals surface area (Å²) in [5.41, 5.74) is 1.24. The number of amides is 9. The molecule has 3 aromatic carbocycles. The van der Waals surface area contributed by atoms with Gasteiger partial charge >= 0.3 is 7.82 Å². The van der Waals surface area contributed by atoms with E-state index >= 15 is 0 Å². The predicted molar refractivity (Wildman–Crippen MR) is 481 cm³/mol. The highest BCUT2D eigenvalue weighted by Crippen LogP contribution is 2.43. The first-order chi connectivity index (χ1) is 63.6. The number of ether oxygens (including phenoxy) is 10. The maximum Gasteiger partial charge on any atom is 0.471 e. The van der Waals surface area contributed by atoms with E-state index in [4.69, 9.17) is 51.9 Å². The summed E-state index contributed by atoms with van der Waals surface area (Å²) in [6.07, 6.45) is 10.3. The Hall–Kier alpha value is -13.2. The molecule has 9 amide bonds. The number of aliphatic hydroxyl groups is 1. The molecular formula is C87H111FN19O25P. The van der Waals surface area contributed by atoms with Crippen molar-refractivity contribution in [2.45, 2.75) is 59.3 Å². The van der Waals surface area contributed by atoms with Gasteiger partial charge in [-0.05, 0) is 111 Å². The van der Waals surface area contributed by atoms with E-state index in [2.05, 4.69) is 62.8 Å². The quantitative estimate of drug-likeness (QED) is 0.0166. The standard InChI is InChI=1S/C87H111FN19O25P/c1-55-43-58(88)44-56(2)76(55)132-69-16-11-57(87(3,4)118)45-63(69)65-51-106(10)86(117)75-64(65)48-68(107(75)54-131-133(119,120)121)82(113)94-59-12-14-62(15-13-59)130-42-41-129-40-39-128-38-37-127-36-35-126-34-33-125-32-31-124-30-29-123-28-27-122-26-24-89-72(108)17-20-93-83(114)78-99-70(52-104(78)8)97-73(109)18-21-92-81(112)67-47-61(50-103(67)7)96-85(116)79-100-71(53-105(79)9)98-74(110)19-22-91-80(111)66-46-60(49-102(66)6)95-84(115)77-90-23-25-101(77)5/h11-16,23,25,43-53,118H,17-22,24,26-42,54H2,1-10H3,(H,89,108)(H,91,111)(H,92,112)(H,93,114)(H,94,113)(H,95,115)(H,96,116)(H,97,109)(H,98,110)(H2,119,120,121). The van der Waals surface area contributed by atoms with Crippen LogP contribution in [0.2, 0.25) is 0 Å². The van der Waals surface area contributed by atoms with E-state index in [1.165, 1.54) is 91.2 Å². The van der Waals surface area contributed by atoms with Crippen LogP contribution in [0.15, 0.2) is 121 Å². The van der Waals surface area contributed by atoms with Crippen molar-refractivity contribution in [3.8, 4) is 28.4 Å². The lowest BCUT2D eigenvalue weighted by molar-refractivity contribution is -0.121. The van der Waals surface area contributed by atoms with Crippen molar-refractivity contribution >= 4 is 101 Å². The number of anilines is 5. The Morgan fingerprint density at radius 1 is 0.451 bits per heavy atom. The van der Waals surface area contributed by atoms with Crippen molar-refractivity contribution in [1.29, 1.82) is 0 Å². The summed E-state index contributed by atoms with van der Waals surface area (Å²) in [7, 11) is 4.34. The van der Waals surface area contributed by atoms with Crippen molar-refractivity contribution in [1.82, 2.24) is 68.2 Å². The van der Waals surface area contributed by atoms with Gasteiger partial charge in [0.25, 0.3) is 41.0 Å². The fourth-order valence-electron chi connectivity index (χ4n) is 13.3. The third kappa shape index (κ3) is 31.0. The third-order valence-electron chi connectivity index (χ3n) is 19.8. The van der Waals surface area contributed by atoms with Crippen LogP contribution < -0.4 is 62.9 Å². The summed E-state index contributed by atoms with van der Waals surface area (Å²) in [5, 5.41) is 35.3. The second kappa shape index (κ2) is 49.4. The van der Waals surface area contributed by atoms with E-state index in [-0.39, 0.29) is 140 Å². The molecule has 0 atom stereocenters. The third-order valence-corrected chi connectivity index (χ3v) is 20.3. The molecule has 10 aromatic rings. The molecule has 0 radical (unpaired) electrons. The van der Waals surface area contributed by atoms with E-state index in [0.29, 0.717) is 143 Å². The Labute approximate surface area is 763 Å².